The van der Waals surface area contributed by atoms with E-state index in [4.69, 9.17) is 0 Å². The van der Waals surface area contributed by atoms with Crippen molar-refractivity contribution < 1.29 is 19.7 Å². The lowest BCUT2D eigenvalue weighted by atomic mass is 10.0. The number of aliphatic carboxylic acids is 1. The van der Waals surface area contributed by atoms with Gasteiger partial charge in [-0.1, -0.05) is 12.1 Å². The summed E-state index contributed by atoms with van der Waals surface area (Å²) in [6, 6.07) is 10.6. The molecular weight excluding hydrogens is 304 g/mol. The Hall–Kier alpha value is -3.55. The first kappa shape index (κ1) is 15.8. The summed E-state index contributed by atoms with van der Waals surface area (Å²) < 4.78 is 0. The van der Waals surface area contributed by atoms with Crippen LogP contribution in [0.15, 0.2) is 48.5 Å². The Bertz CT molecular complexity index is 811. The Labute approximate surface area is 129 Å². The summed E-state index contributed by atoms with van der Waals surface area (Å²) in [6.07, 6.45) is 1.17. The van der Waals surface area contributed by atoms with Crippen molar-refractivity contribution in [1.29, 1.82) is 0 Å². The number of rotatable bonds is 5. The zero-order valence-corrected chi connectivity index (χ0v) is 11.6. The van der Waals surface area contributed by atoms with Crippen molar-refractivity contribution in [3.8, 4) is 0 Å². The Morgan fingerprint density at radius 1 is 0.957 bits per heavy atom. The quantitative estimate of drug-likeness (QED) is 0.391. The first-order chi connectivity index (χ1) is 10.9. The van der Waals surface area contributed by atoms with Gasteiger partial charge in [0, 0.05) is 18.2 Å². The molecule has 23 heavy (non-hydrogen) atoms. The highest BCUT2D eigenvalue weighted by Crippen LogP contribution is 2.26. The zero-order valence-electron chi connectivity index (χ0n) is 11.6. The van der Waals surface area contributed by atoms with Gasteiger partial charge in [-0.05, 0) is 29.8 Å². The van der Waals surface area contributed by atoms with Gasteiger partial charge in [-0.15, -0.1) is 0 Å². The molecule has 2 aromatic rings. The third-order valence-electron chi connectivity index (χ3n) is 3.05. The molecule has 8 nitrogen and oxygen atoms in total. The zero-order chi connectivity index (χ0) is 17.0. The van der Waals surface area contributed by atoms with E-state index in [1.165, 1.54) is 48.5 Å². The van der Waals surface area contributed by atoms with Crippen LogP contribution in [0.3, 0.4) is 0 Å². The number of carboxylic acids is 1. The topological polar surface area (TPSA) is 124 Å². The monoisotopic (exact) mass is 314 g/mol. The number of non-ortho nitro benzene ring substituents is 1. The number of nitro benzene ring substituents is 2. The Morgan fingerprint density at radius 2 is 1.57 bits per heavy atom. The summed E-state index contributed by atoms with van der Waals surface area (Å²) in [6.45, 7) is 0. The van der Waals surface area contributed by atoms with Gasteiger partial charge < -0.3 is 5.11 Å². The van der Waals surface area contributed by atoms with Crippen LogP contribution in [0.2, 0.25) is 0 Å². The third-order valence-corrected chi connectivity index (χ3v) is 3.05. The second kappa shape index (κ2) is 6.48. The van der Waals surface area contributed by atoms with Crippen molar-refractivity contribution in [3.05, 3.63) is 79.9 Å². The van der Waals surface area contributed by atoms with E-state index in [1.807, 2.05) is 0 Å². The van der Waals surface area contributed by atoms with Gasteiger partial charge in [-0.25, -0.2) is 4.79 Å². The van der Waals surface area contributed by atoms with Crippen LogP contribution in [-0.4, -0.2) is 20.9 Å². The number of benzene rings is 2. The molecule has 0 spiro atoms. The van der Waals surface area contributed by atoms with Crippen molar-refractivity contribution >= 4 is 29.0 Å². The van der Waals surface area contributed by atoms with Crippen LogP contribution in [0, 0.1) is 20.2 Å². The van der Waals surface area contributed by atoms with Gasteiger partial charge in [0.05, 0.1) is 21.0 Å². The molecule has 2 aromatic carbocycles. The van der Waals surface area contributed by atoms with E-state index < -0.39 is 15.8 Å². The summed E-state index contributed by atoms with van der Waals surface area (Å²) in [4.78, 5) is 31.8. The predicted molar refractivity (Wildman–Crippen MR) is 81.7 cm³/mol. The fraction of sp³-hybridized carbons (Fsp3) is 0. The minimum absolute atomic E-state index is 0.133. The Balaban J connectivity index is 2.53. The normalized spacial score (nSPS) is 11.0. The molecule has 0 aliphatic heterocycles. The highest BCUT2D eigenvalue weighted by molar-refractivity contribution is 6.20. The molecule has 0 aromatic heterocycles. The first-order valence-corrected chi connectivity index (χ1v) is 6.33. The van der Waals surface area contributed by atoms with Gasteiger partial charge in [-0.3, -0.25) is 20.2 Å². The molecular formula is C15H10N2O6. The second-order valence-corrected chi connectivity index (χ2v) is 4.48. The summed E-state index contributed by atoms with van der Waals surface area (Å²) in [5.41, 5.74) is -0.263. The minimum Gasteiger partial charge on any atom is -0.478 e. The van der Waals surface area contributed by atoms with E-state index in [9.17, 15) is 30.1 Å². The molecule has 1 N–H and O–H groups in total. The number of carbonyl (C=O) groups is 1. The van der Waals surface area contributed by atoms with Crippen LogP contribution < -0.4 is 0 Å². The largest absolute Gasteiger partial charge is 0.478 e. The maximum atomic E-state index is 11.4. The van der Waals surface area contributed by atoms with Crippen molar-refractivity contribution in [3.63, 3.8) is 0 Å². The van der Waals surface area contributed by atoms with Crippen molar-refractivity contribution in [2.45, 2.75) is 0 Å². The number of para-hydroxylation sites is 1. The van der Waals surface area contributed by atoms with E-state index in [0.717, 1.165) is 0 Å². The van der Waals surface area contributed by atoms with Crippen LogP contribution >= 0.6 is 0 Å². The molecule has 116 valence electrons. The molecule has 0 amide bonds. The van der Waals surface area contributed by atoms with Crippen LogP contribution in [0.25, 0.3) is 11.6 Å². The molecule has 0 saturated carbocycles. The molecule has 0 atom stereocenters. The van der Waals surface area contributed by atoms with E-state index >= 15 is 0 Å². The van der Waals surface area contributed by atoms with Crippen LogP contribution in [0.1, 0.15) is 11.1 Å². The first-order valence-electron chi connectivity index (χ1n) is 6.33. The maximum absolute atomic E-state index is 11.4. The van der Waals surface area contributed by atoms with Crippen LogP contribution in [-0.2, 0) is 4.79 Å². The summed E-state index contributed by atoms with van der Waals surface area (Å²) >= 11 is 0. The summed E-state index contributed by atoms with van der Waals surface area (Å²) in [7, 11) is 0. The average Bonchev–Trinajstić information content (AvgIpc) is 2.52. The highest BCUT2D eigenvalue weighted by atomic mass is 16.6. The second-order valence-electron chi connectivity index (χ2n) is 4.48. The minimum atomic E-state index is -1.29. The maximum Gasteiger partial charge on any atom is 0.336 e. The molecule has 0 radical (unpaired) electrons. The average molecular weight is 314 g/mol. The number of carboxylic acid groups (broad SMARTS) is 1. The number of hydrogen-bond acceptors (Lipinski definition) is 5. The van der Waals surface area contributed by atoms with Crippen LogP contribution in [0.4, 0.5) is 11.4 Å². The van der Waals surface area contributed by atoms with Crippen molar-refractivity contribution in [2.24, 2.45) is 0 Å². The number of hydrogen-bond donors (Lipinski definition) is 1. The van der Waals surface area contributed by atoms with Gasteiger partial charge in [0.1, 0.15) is 0 Å². The molecule has 0 fully saturated rings. The summed E-state index contributed by atoms with van der Waals surface area (Å²) in [5.74, 6) is -1.29. The van der Waals surface area contributed by atoms with E-state index in [-0.39, 0.29) is 28.1 Å². The molecule has 2 rings (SSSR count). The molecule has 0 bridgehead atoms. The van der Waals surface area contributed by atoms with E-state index in [1.54, 1.807) is 6.07 Å². The standard InChI is InChI=1S/C15H10N2O6/c18-15(19)13(10-5-7-12(8-6-10)16(20)21)9-11-3-1-2-4-14(11)17(22)23/h1-9H,(H,18,19)/b13-9+. The fourth-order valence-corrected chi connectivity index (χ4v) is 1.96. The molecule has 0 heterocycles. The van der Waals surface area contributed by atoms with E-state index in [2.05, 4.69) is 0 Å². The number of nitro groups is 2. The fourth-order valence-electron chi connectivity index (χ4n) is 1.96. The molecule has 0 aliphatic rings. The van der Waals surface area contributed by atoms with Gasteiger partial charge >= 0.3 is 5.97 Å². The van der Waals surface area contributed by atoms with Gasteiger partial charge in [0.25, 0.3) is 11.4 Å². The third kappa shape index (κ3) is 3.56. The Morgan fingerprint density at radius 3 is 2.09 bits per heavy atom. The molecule has 0 saturated heterocycles. The smallest absolute Gasteiger partial charge is 0.336 e. The highest BCUT2D eigenvalue weighted by Gasteiger charge is 2.16. The lowest BCUT2D eigenvalue weighted by Gasteiger charge is -2.04. The van der Waals surface area contributed by atoms with Crippen LogP contribution in [0.5, 0.6) is 0 Å². The van der Waals surface area contributed by atoms with Crippen molar-refractivity contribution in [1.82, 2.24) is 0 Å². The lowest BCUT2D eigenvalue weighted by molar-refractivity contribution is -0.385. The van der Waals surface area contributed by atoms with Gasteiger partial charge in [0.2, 0.25) is 0 Å². The molecule has 0 unspecified atom stereocenters. The number of nitrogens with zero attached hydrogens (tertiary/aromatic N) is 2. The van der Waals surface area contributed by atoms with E-state index in [0.29, 0.717) is 0 Å². The van der Waals surface area contributed by atoms with Gasteiger partial charge in [-0.2, -0.15) is 0 Å². The molecule has 0 aliphatic carbocycles. The predicted octanol–water partition coefficient (Wildman–Crippen LogP) is 3.13. The Kier molecular flexibility index (Phi) is 4.46. The van der Waals surface area contributed by atoms with Gasteiger partial charge in [0.15, 0.2) is 0 Å². The summed E-state index contributed by atoms with van der Waals surface area (Å²) in [5, 5.41) is 30.9. The lowest BCUT2D eigenvalue weighted by Crippen LogP contribution is -2.01. The SMILES string of the molecule is O=C(O)/C(=C/c1ccccc1[N+](=O)[O-])c1ccc([N+](=O)[O-])cc1. The molecule has 8 heteroatoms. The van der Waals surface area contributed by atoms with Crippen molar-refractivity contribution in [2.75, 3.05) is 0 Å².